The van der Waals surface area contributed by atoms with Crippen molar-refractivity contribution in [1.29, 1.82) is 0 Å². The molecule has 3 aromatic rings. The van der Waals surface area contributed by atoms with Gasteiger partial charge in [-0.05, 0) is 56.0 Å². The molecule has 0 spiro atoms. The van der Waals surface area contributed by atoms with Crippen LogP contribution in [0.5, 0.6) is 11.5 Å². The maximum absolute atomic E-state index is 13.6. The second-order valence-electron chi connectivity index (χ2n) is 7.55. The monoisotopic (exact) mass is 512 g/mol. The maximum Gasteiger partial charge on any atom is 0.338 e. The van der Waals surface area contributed by atoms with Gasteiger partial charge < -0.3 is 14.2 Å². The third-order valence-corrected chi connectivity index (χ3v) is 6.97. The largest absolute Gasteiger partial charge is 0.490 e. The number of aromatic nitrogens is 1. The quantitative estimate of drug-likeness (QED) is 0.356. The first-order chi connectivity index (χ1) is 16.8. The molecule has 0 aliphatic carbocycles. The number of hydrogen-bond donors (Lipinski definition) is 0. The summed E-state index contributed by atoms with van der Waals surface area (Å²) in [5.41, 5.74) is 1.08. The zero-order valence-corrected chi connectivity index (χ0v) is 21.3. The van der Waals surface area contributed by atoms with E-state index in [1.807, 2.05) is 30.5 Å². The number of fused-ring (bicyclic) bond motifs is 1. The third-order valence-electron chi connectivity index (χ3n) is 5.17. The minimum Gasteiger partial charge on any atom is -0.490 e. The van der Waals surface area contributed by atoms with E-state index < -0.39 is 18.0 Å². The Morgan fingerprint density at radius 3 is 2.63 bits per heavy atom. The molecule has 182 valence electrons. The van der Waals surface area contributed by atoms with Crippen LogP contribution in [-0.4, -0.2) is 29.7 Å². The van der Waals surface area contributed by atoms with Gasteiger partial charge in [0.2, 0.25) is 0 Å². The van der Waals surface area contributed by atoms with Crippen LogP contribution in [0.1, 0.15) is 44.2 Å². The van der Waals surface area contributed by atoms with Crippen LogP contribution in [0, 0.1) is 0 Å². The van der Waals surface area contributed by atoms with Crippen molar-refractivity contribution < 1.29 is 23.8 Å². The number of thiazole rings is 1. The first-order valence-electron chi connectivity index (χ1n) is 11.0. The number of carbonyl (C=O) groups is 2. The van der Waals surface area contributed by atoms with E-state index in [4.69, 9.17) is 14.2 Å². The molecule has 0 radical (unpaired) electrons. The fourth-order valence-electron chi connectivity index (χ4n) is 3.81. The molecule has 4 rings (SSSR count). The summed E-state index contributed by atoms with van der Waals surface area (Å²) in [5, 5.41) is 1.94. The van der Waals surface area contributed by atoms with Gasteiger partial charge in [0.25, 0.3) is 5.56 Å². The number of esters is 2. The van der Waals surface area contributed by atoms with Gasteiger partial charge in [0.1, 0.15) is 0 Å². The summed E-state index contributed by atoms with van der Waals surface area (Å²) >= 11 is 2.79. The van der Waals surface area contributed by atoms with Gasteiger partial charge in [0.15, 0.2) is 16.3 Å². The number of benzene rings is 1. The number of rotatable bonds is 7. The van der Waals surface area contributed by atoms with Crippen LogP contribution < -0.4 is 24.4 Å². The van der Waals surface area contributed by atoms with Crippen LogP contribution in [-0.2, 0) is 14.3 Å². The van der Waals surface area contributed by atoms with Crippen molar-refractivity contribution in [2.45, 2.75) is 33.7 Å². The fourth-order valence-corrected chi connectivity index (χ4v) is 5.58. The molecular formula is C25H24N2O6S2. The number of allylic oxidation sites excluding steroid dienone is 1. The lowest BCUT2D eigenvalue weighted by molar-refractivity contribution is -0.139. The topological polar surface area (TPSA) is 96.2 Å². The lowest BCUT2D eigenvalue weighted by Gasteiger charge is -2.25. The van der Waals surface area contributed by atoms with E-state index in [0.717, 1.165) is 4.88 Å². The molecule has 1 aliphatic heterocycles. The number of nitrogens with zero attached hydrogens (tertiary/aromatic N) is 2. The molecule has 1 atom stereocenters. The Morgan fingerprint density at radius 1 is 1.17 bits per heavy atom. The smallest absolute Gasteiger partial charge is 0.338 e. The summed E-state index contributed by atoms with van der Waals surface area (Å²) in [4.78, 5) is 44.2. The summed E-state index contributed by atoms with van der Waals surface area (Å²) < 4.78 is 18.3. The van der Waals surface area contributed by atoms with Gasteiger partial charge in [-0.1, -0.05) is 23.5 Å². The highest BCUT2D eigenvalue weighted by Gasteiger charge is 2.34. The van der Waals surface area contributed by atoms with E-state index in [-0.39, 0.29) is 23.5 Å². The van der Waals surface area contributed by atoms with Crippen molar-refractivity contribution in [2.24, 2.45) is 4.99 Å². The molecule has 0 unspecified atom stereocenters. The summed E-state index contributed by atoms with van der Waals surface area (Å²) in [6.45, 7) is 7.08. The van der Waals surface area contributed by atoms with Gasteiger partial charge in [-0.2, -0.15) is 0 Å². The summed E-state index contributed by atoms with van der Waals surface area (Å²) in [6.07, 6.45) is 1.82. The molecule has 0 saturated heterocycles. The predicted molar refractivity (Wildman–Crippen MR) is 134 cm³/mol. The second kappa shape index (κ2) is 10.4. The van der Waals surface area contributed by atoms with Crippen molar-refractivity contribution in [2.75, 3.05) is 13.2 Å². The van der Waals surface area contributed by atoms with Gasteiger partial charge in [0, 0.05) is 11.8 Å². The highest BCUT2D eigenvalue weighted by atomic mass is 32.1. The Hall–Kier alpha value is -3.50. The van der Waals surface area contributed by atoms with Crippen molar-refractivity contribution in [3.05, 3.63) is 77.1 Å². The van der Waals surface area contributed by atoms with Gasteiger partial charge in [-0.15, -0.1) is 11.3 Å². The minimum absolute atomic E-state index is 0.181. The third kappa shape index (κ3) is 4.98. The Bertz CT molecular complexity index is 1480. The van der Waals surface area contributed by atoms with Crippen LogP contribution in [0.3, 0.4) is 0 Å². The molecule has 0 N–H and O–H groups in total. The van der Waals surface area contributed by atoms with E-state index in [2.05, 4.69) is 4.99 Å². The van der Waals surface area contributed by atoms with Gasteiger partial charge >= 0.3 is 11.9 Å². The molecule has 3 heterocycles. The van der Waals surface area contributed by atoms with Gasteiger partial charge in [-0.3, -0.25) is 14.2 Å². The summed E-state index contributed by atoms with van der Waals surface area (Å²) in [7, 11) is 0. The number of ether oxygens (including phenoxy) is 3. The molecule has 0 amide bonds. The standard InChI is InChI=1S/C25H24N2O6S2/c1-5-31-19-12-16(9-10-18(19)33-15(4)28)22-21(24(30)32-6-2)14(3)26-25-27(22)23(29)20(35-25)13-17-8-7-11-34-17/h7-13,22H,5-6H2,1-4H3/b20-13-/t22-/m0/s1. The summed E-state index contributed by atoms with van der Waals surface area (Å²) in [5.74, 6) is -0.443. The van der Waals surface area contributed by atoms with Gasteiger partial charge in [0.05, 0.1) is 35.1 Å². The molecule has 0 bridgehead atoms. The zero-order chi connectivity index (χ0) is 25.1. The number of hydrogen-bond acceptors (Lipinski definition) is 9. The van der Waals surface area contributed by atoms with Crippen LogP contribution in [0.4, 0.5) is 0 Å². The maximum atomic E-state index is 13.6. The predicted octanol–water partition coefficient (Wildman–Crippen LogP) is 3.18. The lowest BCUT2D eigenvalue weighted by atomic mass is 9.95. The second-order valence-corrected chi connectivity index (χ2v) is 9.54. The Balaban J connectivity index is 1.95. The zero-order valence-electron chi connectivity index (χ0n) is 19.7. The highest BCUT2D eigenvalue weighted by molar-refractivity contribution is 7.11. The molecule has 1 aliphatic rings. The van der Waals surface area contributed by atoms with E-state index in [9.17, 15) is 14.4 Å². The lowest BCUT2D eigenvalue weighted by Crippen LogP contribution is -2.39. The van der Waals surface area contributed by atoms with E-state index >= 15 is 0 Å². The molecule has 10 heteroatoms. The first kappa shape index (κ1) is 24.6. The molecule has 0 fully saturated rings. The van der Waals surface area contributed by atoms with Crippen LogP contribution >= 0.6 is 22.7 Å². The summed E-state index contributed by atoms with van der Waals surface area (Å²) in [6, 6.07) is 8.04. The molecule has 35 heavy (non-hydrogen) atoms. The van der Waals surface area contributed by atoms with Gasteiger partial charge in [-0.25, -0.2) is 9.79 Å². The molecule has 2 aromatic heterocycles. The number of thiophene rings is 1. The molecule has 0 saturated carbocycles. The van der Waals surface area contributed by atoms with Crippen molar-refractivity contribution in [3.63, 3.8) is 0 Å². The van der Waals surface area contributed by atoms with E-state index in [1.54, 1.807) is 32.0 Å². The minimum atomic E-state index is -0.790. The van der Waals surface area contributed by atoms with Crippen molar-refractivity contribution in [3.8, 4) is 11.5 Å². The highest BCUT2D eigenvalue weighted by Crippen LogP contribution is 2.36. The van der Waals surface area contributed by atoms with Crippen molar-refractivity contribution >= 4 is 40.7 Å². The molecule has 8 nitrogen and oxygen atoms in total. The Kier molecular flexibility index (Phi) is 7.32. The fraction of sp³-hybridized carbons (Fsp3) is 0.280. The number of carbonyl (C=O) groups excluding carboxylic acids is 2. The normalized spacial score (nSPS) is 15.4. The van der Waals surface area contributed by atoms with Crippen LogP contribution in [0.15, 0.2) is 56.8 Å². The SMILES string of the molecule is CCOC(=O)C1=C(C)N=c2s/c(=C\c3cccs3)c(=O)n2[C@H]1c1ccc(OC(C)=O)c(OCC)c1. The van der Waals surface area contributed by atoms with Crippen LogP contribution in [0.2, 0.25) is 0 Å². The first-order valence-corrected chi connectivity index (χ1v) is 12.7. The average Bonchev–Trinajstić information content (AvgIpc) is 3.42. The van der Waals surface area contributed by atoms with Crippen molar-refractivity contribution in [1.82, 2.24) is 4.57 Å². The van der Waals surface area contributed by atoms with Crippen LogP contribution in [0.25, 0.3) is 6.08 Å². The van der Waals surface area contributed by atoms with E-state index in [1.165, 1.54) is 34.2 Å². The molecular weight excluding hydrogens is 488 g/mol. The molecule has 1 aromatic carbocycles. The average molecular weight is 513 g/mol. The Morgan fingerprint density at radius 2 is 1.97 bits per heavy atom. The Labute approximate surface area is 209 Å². The van der Waals surface area contributed by atoms with E-state index in [0.29, 0.717) is 33.0 Å².